The second kappa shape index (κ2) is 7.03. The molecular weight excluding hydrogens is 304 g/mol. The van der Waals surface area contributed by atoms with Gasteiger partial charge in [0.2, 0.25) is 0 Å². The van der Waals surface area contributed by atoms with E-state index in [1.54, 1.807) is 24.3 Å². The molecule has 0 unspecified atom stereocenters. The SMILES string of the molecule is CN(CCC(=O)O)S(=O)(=O)N(C)Cc1ccccc1Cl. The lowest BCUT2D eigenvalue weighted by Crippen LogP contribution is -2.40. The minimum absolute atomic E-state index is 0.0788. The molecule has 0 atom stereocenters. The normalized spacial score (nSPS) is 12.1. The highest BCUT2D eigenvalue weighted by Crippen LogP contribution is 2.18. The quantitative estimate of drug-likeness (QED) is 0.824. The van der Waals surface area contributed by atoms with Gasteiger partial charge in [0.05, 0.1) is 6.42 Å². The van der Waals surface area contributed by atoms with Gasteiger partial charge in [-0.05, 0) is 11.6 Å². The molecule has 0 saturated carbocycles. The van der Waals surface area contributed by atoms with E-state index in [1.807, 2.05) is 0 Å². The first kappa shape index (κ1) is 16.9. The summed E-state index contributed by atoms with van der Waals surface area (Å²) in [6.07, 6.45) is -0.240. The predicted molar refractivity (Wildman–Crippen MR) is 76.7 cm³/mol. The number of benzene rings is 1. The summed E-state index contributed by atoms with van der Waals surface area (Å²) in [4.78, 5) is 10.5. The van der Waals surface area contributed by atoms with Crippen molar-refractivity contribution in [1.82, 2.24) is 8.61 Å². The van der Waals surface area contributed by atoms with Crippen LogP contribution >= 0.6 is 11.6 Å². The molecule has 1 N–H and O–H groups in total. The van der Waals surface area contributed by atoms with E-state index in [4.69, 9.17) is 16.7 Å². The molecular formula is C12H17ClN2O4S. The molecule has 0 spiro atoms. The zero-order chi connectivity index (χ0) is 15.3. The van der Waals surface area contributed by atoms with Crippen molar-refractivity contribution in [3.63, 3.8) is 0 Å². The average molecular weight is 321 g/mol. The third kappa shape index (κ3) is 4.45. The molecule has 20 heavy (non-hydrogen) atoms. The molecule has 0 aliphatic rings. The number of aliphatic carboxylic acids is 1. The number of nitrogens with zero attached hydrogens (tertiary/aromatic N) is 2. The van der Waals surface area contributed by atoms with Crippen LogP contribution in [0.3, 0.4) is 0 Å². The monoisotopic (exact) mass is 320 g/mol. The van der Waals surface area contributed by atoms with Crippen LogP contribution in [0.2, 0.25) is 5.02 Å². The van der Waals surface area contributed by atoms with Crippen LogP contribution in [-0.2, 0) is 21.5 Å². The van der Waals surface area contributed by atoms with Crippen LogP contribution in [0.5, 0.6) is 0 Å². The van der Waals surface area contributed by atoms with Gasteiger partial charge in [-0.3, -0.25) is 4.79 Å². The molecule has 0 bridgehead atoms. The van der Waals surface area contributed by atoms with E-state index in [0.29, 0.717) is 10.6 Å². The molecule has 1 aromatic carbocycles. The highest BCUT2D eigenvalue weighted by atomic mass is 35.5. The summed E-state index contributed by atoms with van der Waals surface area (Å²) in [5.41, 5.74) is 0.687. The fourth-order valence-corrected chi connectivity index (χ4v) is 2.85. The molecule has 0 aliphatic carbocycles. The summed E-state index contributed by atoms with van der Waals surface area (Å²) in [6.45, 7) is 0.0456. The van der Waals surface area contributed by atoms with Crippen molar-refractivity contribution < 1.29 is 18.3 Å². The third-order valence-corrected chi connectivity index (χ3v) is 5.04. The fraction of sp³-hybridized carbons (Fsp3) is 0.417. The molecule has 0 aliphatic heterocycles. The summed E-state index contributed by atoms with van der Waals surface area (Å²) in [6, 6.07) is 6.96. The molecule has 6 nitrogen and oxygen atoms in total. The van der Waals surface area contributed by atoms with Crippen molar-refractivity contribution in [2.75, 3.05) is 20.6 Å². The zero-order valence-electron chi connectivity index (χ0n) is 11.3. The predicted octanol–water partition coefficient (Wildman–Crippen LogP) is 1.42. The van der Waals surface area contributed by atoms with Crippen LogP contribution in [0.1, 0.15) is 12.0 Å². The van der Waals surface area contributed by atoms with E-state index in [2.05, 4.69) is 0 Å². The van der Waals surface area contributed by atoms with Crippen LogP contribution < -0.4 is 0 Å². The summed E-state index contributed by atoms with van der Waals surface area (Å²) in [5.74, 6) is -1.04. The number of rotatable bonds is 7. The first-order valence-corrected chi connectivity index (χ1v) is 7.65. The number of hydrogen-bond acceptors (Lipinski definition) is 3. The molecule has 0 fully saturated rings. The Morgan fingerprint density at radius 2 is 1.85 bits per heavy atom. The minimum Gasteiger partial charge on any atom is -0.481 e. The van der Waals surface area contributed by atoms with Gasteiger partial charge in [-0.1, -0.05) is 29.8 Å². The van der Waals surface area contributed by atoms with Crippen LogP contribution in [-0.4, -0.2) is 48.7 Å². The van der Waals surface area contributed by atoms with E-state index < -0.39 is 16.2 Å². The Bertz CT molecular complexity index is 577. The van der Waals surface area contributed by atoms with E-state index >= 15 is 0 Å². The second-order valence-corrected chi connectivity index (χ2v) is 6.87. The number of carbonyl (C=O) groups is 1. The maximum Gasteiger partial charge on any atom is 0.304 e. The van der Waals surface area contributed by atoms with Crippen LogP contribution in [0.15, 0.2) is 24.3 Å². The maximum absolute atomic E-state index is 12.2. The Morgan fingerprint density at radius 1 is 1.25 bits per heavy atom. The zero-order valence-corrected chi connectivity index (χ0v) is 12.9. The van der Waals surface area contributed by atoms with Gasteiger partial charge in [0.1, 0.15) is 0 Å². The molecule has 112 valence electrons. The standard InChI is InChI=1S/C12H17ClN2O4S/c1-14(8-7-12(16)17)20(18,19)15(2)9-10-5-3-4-6-11(10)13/h3-6H,7-9H2,1-2H3,(H,16,17). The highest BCUT2D eigenvalue weighted by molar-refractivity contribution is 7.86. The van der Waals surface area contributed by atoms with Crippen molar-refractivity contribution in [3.05, 3.63) is 34.9 Å². The molecule has 1 aromatic rings. The van der Waals surface area contributed by atoms with Gasteiger partial charge < -0.3 is 5.11 Å². The summed E-state index contributed by atoms with van der Waals surface area (Å²) in [5, 5.41) is 9.07. The van der Waals surface area contributed by atoms with Gasteiger partial charge in [-0.2, -0.15) is 17.0 Å². The molecule has 0 heterocycles. The smallest absolute Gasteiger partial charge is 0.304 e. The summed E-state index contributed by atoms with van der Waals surface area (Å²) >= 11 is 5.99. The lowest BCUT2D eigenvalue weighted by molar-refractivity contribution is -0.137. The van der Waals surface area contributed by atoms with E-state index in [0.717, 1.165) is 8.61 Å². The van der Waals surface area contributed by atoms with Crippen LogP contribution in [0, 0.1) is 0 Å². The lowest BCUT2D eigenvalue weighted by Gasteiger charge is -2.24. The van der Waals surface area contributed by atoms with Gasteiger partial charge in [-0.15, -0.1) is 0 Å². The molecule has 0 amide bonds. The maximum atomic E-state index is 12.2. The summed E-state index contributed by atoms with van der Waals surface area (Å²) < 4.78 is 26.5. The Kier molecular flexibility index (Phi) is 5.94. The van der Waals surface area contributed by atoms with Crippen molar-refractivity contribution in [3.8, 4) is 0 Å². The molecule has 0 aromatic heterocycles. The molecule has 1 rings (SSSR count). The molecule has 8 heteroatoms. The van der Waals surface area contributed by atoms with Crippen molar-refractivity contribution >= 4 is 27.8 Å². The Hall–Kier alpha value is -1.15. The van der Waals surface area contributed by atoms with Gasteiger partial charge >= 0.3 is 5.97 Å². The van der Waals surface area contributed by atoms with Crippen molar-refractivity contribution in [2.24, 2.45) is 0 Å². The van der Waals surface area contributed by atoms with Crippen molar-refractivity contribution in [1.29, 1.82) is 0 Å². The number of hydrogen-bond donors (Lipinski definition) is 1. The first-order valence-electron chi connectivity index (χ1n) is 5.88. The first-order chi connectivity index (χ1) is 9.25. The van der Waals surface area contributed by atoms with E-state index in [9.17, 15) is 13.2 Å². The van der Waals surface area contributed by atoms with Gasteiger partial charge in [0.15, 0.2) is 0 Å². The topological polar surface area (TPSA) is 77.9 Å². The Labute approximate surface area is 123 Å². The van der Waals surface area contributed by atoms with Crippen LogP contribution in [0.25, 0.3) is 0 Å². The number of carboxylic acids is 1. The second-order valence-electron chi connectivity index (χ2n) is 4.32. The molecule has 0 saturated heterocycles. The highest BCUT2D eigenvalue weighted by Gasteiger charge is 2.24. The van der Waals surface area contributed by atoms with Gasteiger partial charge in [-0.25, -0.2) is 0 Å². The van der Waals surface area contributed by atoms with Gasteiger partial charge in [0.25, 0.3) is 10.2 Å². The molecule has 0 radical (unpaired) electrons. The van der Waals surface area contributed by atoms with Gasteiger partial charge in [0, 0.05) is 32.2 Å². The van der Waals surface area contributed by atoms with Crippen LogP contribution in [0.4, 0.5) is 0 Å². The third-order valence-electron chi connectivity index (χ3n) is 2.78. The van der Waals surface area contributed by atoms with E-state index in [-0.39, 0.29) is 19.5 Å². The lowest BCUT2D eigenvalue weighted by atomic mass is 10.2. The largest absolute Gasteiger partial charge is 0.481 e. The number of halogens is 1. The minimum atomic E-state index is -3.70. The summed E-state index contributed by atoms with van der Waals surface area (Å²) in [7, 11) is -0.930. The van der Waals surface area contributed by atoms with Crippen molar-refractivity contribution in [2.45, 2.75) is 13.0 Å². The van der Waals surface area contributed by atoms with E-state index in [1.165, 1.54) is 14.1 Å². The Morgan fingerprint density at radius 3 is 2.40 bits per heavy atom. The fourth-order valence-electron chi connectivity index (χ4n) is 1.55. The average Bonchev–Trinajstić information content (AvgIpc) is 2.38. The number of carboxylic acid groups (broad SMARTS) is 1. The Balaban J connectivity index is 2.77.